The van der Waals surface area contributed by atoms with Gasteiger partial charge in [-0.05, 0) is 11.1 Å². The summed E-state index contributed by atoms with van der Waals surface area (Å²) in [6.07, 6.45) is 1.29. The number of ether oxygens (including phenoxy) is 2. The second-order valence-electron chi connectivity index (χ2n) is 5.34. The molecule has 0 saturated carbocycles. The van der Waals surface area contributed by atoms with Gasteiger partial charge in [0.05, 0.1) is 5.46 Å². The Kier molecular flexibility index (Phi) is 5.61. The molecule has 25 heavy (non-hydrogen) atoms. The van der Waals surface area contributed by atoms with Gasteiger partial charge in [0.1, 0.15) is 13.2 Å². The van der Waals surface area contributed by atoms with Gasteiger partial charge in [-0.3, -0.25) is 0 Å². The first-order valence-corrected chi connectivity index (χ1v) is 7.79. The highest BCUT2D eigenvalue weighted by Gasteiger charge is 2.20. The monoisotopic (exact) mass is 336 g/mol. The molecule has 6 nitrogen and oxygen atoms in total. The minimum absolute atomic E-state index is 0.0805. The van der Waals surface area contributed by atoms with E-state index in [0.717, 1.165) is 11.1 Å². The van der Waals surface area contributed by atoms with Crippen molar-refractivity contribution in [2.24, 2.45) is 0 Å². The smallest absolute Gasteiger partial charge is 0.473 e. The average Bonchev–Trinajstić information content (AvgIpc) is 2.66. The van der Waals surface area contributed by atoms with Crippen molar-refractivity contribution in [1.29, 1.82) is 0 Å². The molecule has 0 unspecified atom stereocenters. The van der Waals surface area contributed by atoms with E-state index in [4.69, 9.17) is 9.47 Å². The highest BCUT2D eigenvalue weighted by Crippen LogP contribution is 2.13. The number of benzene rings is 2. The van der Waals surface area contributed by atoms with E-state index in [2.05, 4.69) is 9.97 Å². The zero-order valence-electron chi connectivity index (χ0n) is 13.4. The number of nitrogens with zero attached hydrogens (tertiary/aromatic N) is 2. The molecule has 0 aliphatic heterocycles. The quantitative estimate of drug-likeness (QED) is 0.633. The average molecular weight is 336 g/mol. The summed E-state index contributed by atoms with van der Waals surface area (Å²) >= 11 is 0. The maximum Gasteiger partial charge on any atom is 0.495 e. The van der Waals surface area contributed by atoms with Crippen LogP contribution in [0.5, 0.6) is 11.9 Å². The summed E-state index contributed by atoms with van der Waals surface area (Å²) in [6, 6.07) is 19.2. The lowest BCUT2D eigenvalue weighted by Gasteiger charge is -2.11. The SMILES string of the molecule is OB(O)c1cnc(OCc2ccccc2)nc1OCc1ccccc1. The molecule has 0 spiro atoms. The highest BCUT2D eigenvalue weighted by molar-refractivity contribution is 6.59. The number of rotatable bonds is 7. The molecule has 7 heteroatoms. The van der Waals surface area contributed by atoms with Gasteiger partial charge in [-0.1, -0.05) is 60.7 Å². The van der Waals surface area contributed by atoms with E-state index < -0.39 is 7.12 Å². The molecule has 0 saturated heterocycles. The van der Waals surface area contributed by atoms with E-state index >= 15 is 0 Å². The van der Waals surface area contributed by atoms with Crippen molar-refractivity contribution in [1.82, 2.24) is 9.97 Å². The van der Waals surface area contributed by atoms with Crippen LogP contribution in [0.15, 0.2) is 66.9 Å². The third kappa shape index (κ3) is 4.79. The first kappa shape index (κ1) is 16.9. The van der Waals surface area contributed by atoms with Gasteiger partial charge in [-0.15, -0.1) is 0 Å². The fourth-order valence-corrected chi connectivity index (χ4v) is 2.17. The van der Waals surface area contributed by atoms with Gasteiger partial charge in [0, 0.05) is 6.20 Å². The molecule has 3 rings (SSSR count). The van der Waals surface area contributed by atoms with Crippen LogP contribution in [0.4, 0.5) is 0 Å². The van der Waals surface area contributed by atoms with Crippen LogP contribution in [0.2, 0.25) is 0 Å². The highest BCUT2D eigenvalue weighted by atomic mass is 16.5. The molecule has 2 N–H and O–H groups in total. The van der Waals surface area contributed by atoms with Gasteiger partial charge in [0.15, 0.2) is 0 Å². The lowest BCUT2D eigenvalue weighted by atomic mass is 9.82. The molecule has 1 aromatic heterocycles. The van der Waals surface area contributed by atoms with E-state index in [-0.39, 0.29) is 24.0 Å². The Labute approximate surface area is 145 Å². The third-order valence-corrected chi connectivity index (χ3v) is 3.47. The van der Waals surface area contributed by atoms with Crippen LogP contribution in [0.25, 0.3) is 0 Å². The number of hydrogen-bond donors (Lipinski definition) is 2. The van der Waals surface area contributed by atoms with Gasteiger partial charge in [0.2, 0.25) is 5.88 Å². The molecule has 0 aliphatic carbocycles. The molecule has 0 atom stereocenters. The third-order valence-electron chi connectivity index (χ3n) is 3.47. The Morgan fingerprint density at radius 1 is 0.800 bits per heavy atom. The van der Waals surface area contributed by atoms with Gasteiger partial charge in [-0.2, -0.15) is 4.98 Å². The maximum atomic E-state index is 9.46. The van der Waals surface area contributed by atoms with Crippen molar-refractivity contribution in [3.8, 4) is 11.9 Å². The van der Waals surface area contributed by atoms with E-state index in [9.17, 15) is 10.0 Å². The van der Waals surface area contributed by atoms with Crippen molar-refractivity contribution in [2.45, 2.75) is 13.2 Å². The summed E-state index contributed by atoms with van der Waals surface area (Å²) < 4.78 is 11.2. The molecule has 2 aromatic carbocycles. The molecule has 3 aromatic rings. The van der Waals surface area contributed by atoms with Crippen molar-refractivity contribution >= 4 is 12.6 Å². The fourth-order valence-electron chi connectivity index (χ4n) is 2.17. The van der Waals surface area contributed by atoms with Crippen LogP contribution in [0.1, 0.15) is 11.1 Å². The molecule has 0 aliphatic rings. The molecule has 1 heterocycles. The van der Waals surface area contributed by atoms with Crippen molar-refractivity contribution < 1.29 is 19.5 Å². The predicted molar refractivity (Wildman–Crippen MR) is 93.4 cm³/mol. The molecular weight excluding hydrogens is 319 g/mol. The van der Waals surface area contributed by atoms with Crippen molar-refractivity contribution in [2.75, 3.05) is 0 Å². The van der Waals surface area contributed by atoms with Gasteiger partial charge >= 0.3 is 13.1 Å². The summed E-state index contributed by atoms with van der Waals surface area (Å²) in [6.45, 7) is 0.551. The van der Waals surface area contributed by atoms with Crippen molar-refractivity contribution in [3.63, 3.8) is 0 Å². The Balaban J connectivity index is 1.72. The molecule has 0 fully saturated rings. The lowest BCUT2D eigenvalue weighted by molar-refractivity contribution is 0.259. The van der Waals surface area contributed by atoms with Crippen LogP contribution in [-0.2, 0) is 13.2 Å². The summed E-state index contributed by atoms with van der Waals surface area (Å²) in [5, 5.41) is 18.9. The van der Waals surface area contributed by atoms with Gasteiger partial charge in [0.25, 0.3) is 0 Å². The minimum atomic E-state index is -1.73. The van der Waals surface area contributed by atoms with Gasteiger partial charge in [-0.25, -0.2) is 4.98 Å². The second kappa shape index (κ2) is 8.28. The fraction of sp³-hybridized carbons (Fsp3) is 0.111. The Morgan fingerprint density at radius 2 is 1.36 bits per heavy atom. The van der Waals surface area contributed by atoms with E-state index in [0.29, 0.717) is 6.61 Å². The van der Waals surface area contributed by atoms with Gasteiger partial charge < -0.3 is 19.5 Å². The number of hydrogen-bond acceptors (Lipinski definition) is 6. The van der Waals surface area contributed by atoms with E-state index in [1.54, 1.807) is 0 Å². The van der Waals surface area contributed by atoms with Crippen LogP contribution in [0, 0.1) is 0 Å². The Hall–Kier alpha value is -2.90. The number of aromatic nitrogens is 2. The summed E-state index contributed by atoms with van der Waals surface area (Å²) in [5.41, 5.74) is 2.00. The van der Waals surface area contributed by atoms with Crippen LogP contribution in [0.3, 0.4) is 0 Å². The van der Waals surface area contributed by atoms with E-state index in [1.165, 1.54) is 6.20 Å². The first-order chi connectivity index (χ1) is 12.2. The van der Waals surface area contributed by atoms with E-state index in [1.807, 2.05) is 60.7 Å². The normalized spacial score (nSPS) is 10.3. The molecule has 0 amide bonds. The zero-order chi connectivity index (χ0) is 17.5. The lowest BCUT2D eigenvalue weighted by Crippen LogP contribution is -2.32. The molecule has 0 bridgehead atoms. The summed E-state index contributed by atoms with van der Waals surface area (Å²) in [5.74, 6) is 0.0805. The second-order valence-corrected chi connectivity index (χ2v) is 5.34. The minimum Gasteiger partial charge on any atom is -0.473 e. The standard InChI is InChI=1S/C18H17BN2O4/c22-19(23)16-11-20-18(25-13-15-9-5-2-6-10-15)21-17(16)24-12-14-7-3-1-4-8-14/h1-11,22-23H,12-13H2. The first-order valence-electron chi connectivity index (χ1n) is 7.79. The van der Waals surface area contributed by atoms with Crippen LogP contribution >= 0.6 is 0 Å². The Bertz CT molecular complexity index is 801. The maximum absolute atomic E-state index is 9.46. The summed E-state index contributed by atoms with van der Waals surface area (Å²) in [4.78, 5) is 8.15. The zero-order valence-corrected chi connectivity index (χ0v) is 13.4. The molecular formula is C18H17BN2O4. The van der Waals surface area contributed by atoms with Crippen LogP contribution < -0.4 is 14.9 Å². The van der Waals surface area contributed by atoms with Crippen LogP contribution in [-0.4, -0.2) is 27.1 Å². The summed E-state index contributed by atoms with van der Waals surface area (Å²) in [7, 11) is -1.73. The Morgan fingerprint density at radius 3 is 1.92 bits per heavy atom. The van der Waals surface area contributed by atoms with Crippen molar-refractivity contribution in [3.05, 3.63) is 78.0 Å². The molecule has 126 valence electrons. The largest absolute Gasteiger partial charge is 0.495 e. The topological polar surface area (TPSA) is 84.7 Å². The molecule has 0 radical (unpaired) electrons. The predicted octanol–water partition coefficient (Wildman–Crippen LogP) is 1.31.